The van der Waals surface area contributed by atoms with Gasteiger partial charge >= 0.3 is 5.97 Å². The molecular formula is C28H47NO2. The first-order valence-electron chi connectivity index (χ1n) is 13.8. The van der Waals surface area contributed by atoms with Gasteiger partial charge in [-0.3, -0.25) is 4.90 Å². The number of hydrogen-bond acceptors (Lipinski definition) is 3. The van der Waals surface area contributed by atoms with Crippen molar-refractivity contribution in [2.75, 3.05) is 0 Å². The zero-order valence-electron chi connectivity index (χ0n) is 20.2. The SMILES string of the molecule is C=C(C)C(=O)OC1CCC(C2CCC(N(C3CCCCC3)C3CCCCC3)CC2)CC1. The van der Waals surface area contributed by atoms with Crippen molar-refractivity contribution < 1.29 is 9.53 Å². The fraction of sp³-hybridized carbons (Fsp3) is 0.893. The van der Waals surface area contributed by atoms with Crippen LogP contribution in [0.4, 0.5) is 0 Å². The van der Waals surface area contributed by atoms with Crippen molar-refractivity contribution in [3.8, 4) is 0 Å². The van der Waals surface area contributed by atoms with Crippen LogP contribution in [0, 0.1) is 11.8 Å². The maximum absolute atomic E-state index is 11.8. The van der Waals surface area contributed by atoms with Crippen LogP contribution in [0.5, 0.6) is 0 Å². The summed E-state index contributed by atoms with van der Waals surface area (Å²) in [7, 11) is 0. The fourth-order valence-corrected chi connectivity index (χ4v) is 7.45. The Morgan fingerprint density at radius 2 is 1.06 bits per heavy atom. The van der Waals surface area contributed by atoms with Gasteiger partial charge in [0.05, 0.1) is 0 Å². The molecule has 0 spiro atoms. The molecule has 0 aromatic rings. The first-order valence-corrected chi connectivity index (χ1v) is 13.8. The second kappa shape index (κ2) is 11.3. The van der Waals surface area contributed by atoms with Crippen LogP contribution in [-0.2, 0) is 9.53 Å². The highest BCUT2D eigenvalue weighted by Gasteiger charge is 2.38. The lowest BCUT2D eigenvalue weighted by Crippen LogP contribution is -2.52. The summed E-state index contributed by atoms with van der Waals surface area (Å²) < 4.78 is 5.63. The number of carbonyl (C=O) groups is 1. The minimum atomic E-state index is -0.200. The summed E-state index contributed by atoms with van der Waals surface area (Å²) in [6.45, 7) is 5.47. The lowest BCUT2D eigenvalue weighted by Gasteiger charge is -2.49. The third-order valence-electron chi connectivity index (χ3n) is 9.16. The number of rotatable bonds is 6. The smallest absolute Gasteiger partial charge is 0.333 e. The van der Waals surface area contributed by atoms with E-state index in [9.17, 15) is 4.79 Å². The number of esters is 1. The average Bonchev–Trinajstić information content (AvgIpc) is 2.82. The van der Waals surface area contributed by atoms with Crippen molar-refractivity contribution in [3.05, 3.63) is 12.2 Å². The van der Waals surface area contributed by atoms with Gasteiger partial charge in [-0.25, -0.2) is 4.79 Å². The quantitative estimate of drug-likeness (QED) is 0.330. The molecule has 0 unspecified atom stereocenters. The van der Waals surface area contributed by atoms with Crippen LogP contribution in [0.25, 0.3) is 0 Å². The molecular weight excluding hydrogens is 382 g/mol. The van der Waals surface area contributed by atoms with Crippen LogP contribution in [-0.4, -0.2) is 35.1 Å². The van der Waals surface area contributed by atoms with Gasteiger partial charge in [0.15, 0.2) is 0 Å². The Morgan fingerprint density at radius 3 is 1.52 bits per heavy atom. The summed E-state index contributed by atoms with van der Waals surface area (Å²) >= 11 is 0. The Bertz CT molecular complexity index is 556. The Hall–Kier alpha value is -0.830. The van der Waals surface area contributed by atoms with E-state index in [-0.39, 0.29) is 12.1 Å². The Balaban J connectivity index is 1.27. The molecule has 4 aliphatic carbocycles. The molecule has 0 aromatic carbocycles. The van der Waals surface area contributed by atoms with Crippen LogP contribution in [0.15, 0.2) is 12.2 Å². The van der Waals surface area contributed by atoms with E-state index in [0.717, 1.165) is 42.8 Å². The highest BCUT2D eigenvalue weighted by Crippen LogP contribution is 2.42. The van der Waals surface area contributed by atoms with E-state index >= 15 is 0 Å². The standard InChI is InChI=1S/C28H47NO2/c1-21(2)28(30)31-27-19-15-23(16-20-27)22-13-17-26(18-14-22)29(24-9-5-3-6-10-24)25-11-7-4-8-12-25/h22-27H,1,3-20H2,2H3. The molecule has 31 heavy (non-hydrogen) atoms. The number of hydrogen-bond donors (Lipinski definition) is 0. The molecule has 0 N–H and O–H groups in total. The van der Waals surface area contributed by atoms with Gasteiger partial charge in [0.25, 0.3) is 0 Å². The van der Waals surface area contributed by atoms with Gasteiger partial charge in [0, 0.05) is 23.7 Å². The zero-order valence-corrected chi connectivity index (χ0v) is 20.2. The molecule has 0 heterocycles. The van der Waals surface area contributed by atoms with Gasteiger partial charge in [0.1, 0.15) is 6.10 Å². The van der Waals surface area contributed by atoms with Gasteiger partial charge in [-0.1, -0.05) is 45.1 Å². The van der Waals surface area contributed by atoms with Crippen molar-refractivity contribution >= 4 is 5.97 Å². The summed E-state index contributed by atoms with van der Waals surface area (Å²) in [6.07, 6.45) is 25.1. The van der Waals surface area contributed by atoms with Gasteiger partial charge < -0.3 is 4.74 Å². The van der Waals surface area contributed by atoms with Crippen LogP contribution in [0.2, 0.25) is 0 Å². The van der Waals surface area contributed by atoms with Gasteiger partial charge in [-0.15, -0.1) is 0 Å². The summed E-state index contributed by atoms with van der Waals surface area (Å²) in [4.78, 5) is 14.9. The largest absolute Gasteiger partial charge is 0.459 e. The Labute approximate surface area is 191 Å². The maximum atomic E-state index is 11.8. The first-order chi connectivity index (χ1) is 15.1. The molecule has 176 valence electrons. The fourth-order valence-electron chi connectivity index (χ4n) is 7.45. The molecule has 4 saturated carbocycles. The van der Waals surface area contributed by atoms with Crippen LogP contribution in [0.1, 0.15) is 122 Å². The molecule has 0 aliphatic heterocycles. The Kier molecular flexibility index (Phi) is 8.54. The van der Waals surface area contributed by atoms with Crippen molar-refractivity contribution in [1.29, 1.82) is 0 Å². The van der Waals surface area contributed by atoms with Crippen molar-refractivity contribution in [2.45, 2.75) is 147 Å². The molecule has 0 amide bonds. The third kappa shape index (κ3) is 6.15. The molecule has 0 aromatic heterocycles. The van der Waals surface area contributed by atoms with E-state index in [4.69, 9.17) is 4.74 Å². The van der Waals surface area contributed by atoms with Gasteiger partial charge in [-0.05, 0) is 95.8 Å². The molecule has 0 atom stereocenters. The van der Waals surface area contributed by atoms with Crippen molar-refractivity contribution in [1.82, 2.24) is 4.90 Å². The van der Waals surface area contributed by atoms with E-state index < -0.39 is 0 Å². The van der Waals surface area contributed by atoms with Gasteiger partial charge in [-0.2, -0.15) is 0 Å². The number of nitrogens with zero attached hydrogens (tertiary/aromatic N) is 1. The first kappa shape index (κ1) is 23.3. The molecule has 3 nitrogen and oxygen atoms in total. The summed E-state index contributed by atoms with van der Waals surface area (Å²) in [5.41, 5.74) is 0.529. The van der Waals surface area contributed by atoms with E-state index in [1.807, 2.05) is 0 Å². The van der Waals surface area contributed by atoms with Crippen LogP contribution >= 0.6 is 0 Å². The minimum Gasteiger partial charge on any atom is -0.459 e. The molecule has 0 bridgehead atoms. The molecule has 0 radical (unpaired) electrons. The minimum absolute atomic E-state index is 0.130. The predicted molar refractivity (Wildman–Crippen MR) is 128 cm³/mol. The summed E-state index contributed by atoms with van der Waals surface area (Å²) in [6, 6.07) is 2.63. The second-order valence-electron chi connectivity index (χ2n) is 11.3. The number of carbonyl (C=O) groups excluding carboxylic acids is 1. The average molecular weight is 430 g/mol. The highest BCUT2D eigenvalue weighted by molar-refractivity contribution is 5.87. The summed E-state index contributed by atoms with van der Waals surface area (Å²) in [5.74, 6) is 1.57. The Morgan fingerprint density at radius 1 is 0.645 bits per heavy atom. The van der Waals surface area contributed by atoms with E-state index in [1.165, 1.54) is 103 Å². The summed E-state index contributed by atoms with van der Waals surface area (Å²) in [5, 5.41) is 0. The van der Waals surface area contributed by atoms with E-state index in [0.29, 0.717) is 5.57 Å². The van der Waals surface area contributed by atoms with Crippen molar-refractivity contribution in [3.63, 3.8) is 0 Å². The molecule has 3 heteroatoms. The molecule has 4 fully saturated rings. The van der Waals surface area contributed by atoms with Crippen LogP contribution < -0.4 is 0 Å². The lowest BCUT2D eigenvalue weighted by molar-refractivity contribution is -0.146. The maximum Gasteiger partial charge on any atom is 0.333 e. The van der Waals surface area contributed by atoms with E-state index in [1.54, 1.807) is 6.92 Å². The molecule has 0 saturated heterocycles. The predicted octanol–water partition coefficient (Wildman–Crippen LogP) is 7.19. The van der Waals surface area contributed by atoms with E-state index in [2.05, 4.69) is 11.5 Å². The molecule has 4 rings (SSSR count). The second-order valence-corrected chi connectivity index (χ2v) is 11.3. The third-order valence-corrected chi connectivity index (χ3v) is 9.16. The number of ether oxygens (including phenoxy) is 1. The zero-order chi connectivity index (χ0) is 21.6. The van der Waals surface area contributed by atoms with Crippen molar-refractivity contribution in [2.24, 2.45) is 11.8 Å². The van der Waals surface area contributed by atoms with Gasteiger partial charge in [0.2, 0.25) is 0 Å². The molecule has 4 aliphatic rings. The highest BCUT2D eigenvalue weighted by atomic mass is 16.5. The monoisotopic (exact) mass is 429 g/mol. The lowest BCUT2D eigenvalue weighted by atomic mass is 9.71. The topological polar surface area (TPSA) is 29.5 Å². The van der Waals surface area contributed by atoms with Crippen LogP contribution in [0.3, 0.4) is 0 Å². The normalized spacial score (nSPS) is 33.9.